The Morgan fingerprint density at radius 2 is 2.24 bits per heavy atom. The minimum Gasteiger partial charge on any atom is -0.378 e. The number of carbonyl (C=O) groups is 1. The molecule has 0 aromatic carbocycles. The van der Waals surface area contributed by atoms with Crippen LogP contribution in [0.15, 0.2) is 10.6 Å². The molecule has 3 heterocycles. The standard InChI is InChI=1S/C14H20FN3O3/c1-10-6-12(16-21-10)9-18-8-11(15)7-13(18)14(19)17-2-4-20-5-3-17/h6,11,13H,2-5,7-9H2,1H3/t11-,13+/m1/s1. The second-order valence-electron chi connectivity index (χ2n) is 5.64. The summed E-state index contributed by atoms with van der Waals surface area (Å²) < 4.78 is 24.1. The number of halogens is 1. The molecule has 2 atom stereocenters. The van der Waals surface area contributed by atoms with Crippen LogP contribution in [-0.4, -0.2) is 65.9 Å². The lowest BCUT2D eigenvalue weighted by Crippen LogP contribution is -2.49. The Hall–Kier alpha value is -1.47. The summed E-state index contributed by atoms with van der Waals surface area (Å²) in [7, 11) is 0. The lowest BCUT2D eigenvalue weighted by molar-refractivity contribution is -0.140. The van der Waals surface area contributed by atoms with Gasteiger partial charge >= 0.3 is 0 Å². The van der Waals surface area contributed by atoms with Crippen molar-refractivity contribution in [2.75, 3.05) is 32.8 Å². The molecule has 1 aromatic rings. The van der Waals surface area contributed by atoms with E-state index >= 15 is 0 Å². The van der Waals surface area contributed by atoms with Gasteiger partial charge in [0.2, 0.25) is 5.91 Å². The number of alkyl halides is 1. The number of amides is 1. The van der Waals surface area contributed by atoms with Gasteiger partial charge in [0.25, 0.3) is 0 Å². The van der Waals surface area contributed by atoms with Gasteiger partial charge in [-0.05, 0) is 6.92 Å². The van der Waals surface area contributed by atoms with E-state index in [0.29, 0.717) is 32.8 Å². The first kappa shape index (κ1) is 14.5. The summed E-state index contributed by atoms with van der Waals surface area (Å²) in [6, 6.07) is 1.41. The number of aryl methyl sites for hydroxylation is 1. The average molecular weight is 297 g/mol. The van der Waals surface area contributed by atoms with Crippen LogP contribution in [0.4, 0.5) is 4.39 Å². The third-order valence-corrected chi connectivity index (χ3v) is 4.00. The molecule has 6 nitrogen and oxygen atoms in total. The zero-order valence-corrected chi connectivity index (χ0v) is 12.1. The molecule has 2 aliphatic rings. The van der Waals surface area contributed by atoms with Gasteiger partial charge in [0.1, 0.15) is 11.9 Å². The fourth-order valence-corrected chi connectivity index (χ4v) is 2.97. The Balaban J connectivity index is 1.68. The molecule has 1 aromatic heterocycles. The normalized spacial score (nSPS) is 27.2. The number of rotatable bonds is 3. The highest BCUT2D eigenvalue weighted by atomic mass is 19.1. The third-order valence-electron chi connectivity index (χ3n) is 4.00. The van der Waals surface area contributed by atoms with Crippen LogP contribution in [0.25, 0.3) is 0 Å². The van der Waals surface area contributed by atoms with Crippen molar-refractivity contribution in [2.24, 2.45) is 0 Å². The number of hydrogen-bond acceptors (Lipinski definition) is 5. The molecule has 0 bridgehead atoms. The van der Waals surface area contributed by atoms with Crippen LogP contribution in [0.3, 0.4) is 0 Å². The SMILES string of the molecule is Cc1cc(CN2C[C@H](F)C[C@H]2C(=O)N2CCOCC2)no1. The van der Waals surface area contributed by atoms with Crippen LogP contribution in [-0.2, 0) is 16.1 Å². The molecule has 0 unspecified atom stereocenters. The van der Waals surface area contributed by atoms with Crippen molar-refractivity contribution >= 4 is 5.91 Å². The molecule has 2 fully saturated rings. The summed E-state index contributed by atoms with van der Waals surface area (Å²) in [6.07, 6.45) is -0.708. The molecule has 1 amide bonds. The number of likely N-dealkylation sites (tertiary alicyclic amines) is 1. The third kappa shape index (κ3) is 3.24. The highest BCUT2D eigenvalue weighted by Gasteiger charge is 2.39. The number of ether oxygens (including phenoxy) is 1. The van der Waals surface area contributed by atoms with Crippen molar-refractivity contribution in [1.29, 1.82) is 0 Å². The molecule has 0 N–H and O–H groups in total. The number of aromatic nitrogens is 1. The Morgan fingerprint density at radius 1 is 1.48 bits per heavy atom. The Bertz CT molecular complexity index is 501. The second-order valence-corrected chi connectivity index (χ2v) is 5.64. The number of morpholine rings is 1. The molecule has 0 spiro atoms. The summed E-state index contributed by atoms with van der Waals surface area (Å²) in [5.41, 5.74) is 0.737. The van der Waals surface area contributed by atoms with E-state index in [0.717, 1.165) is 11.5 Å². The van der Waals surface area contributed by atoms with Gasteiger partial charge in [0.05, 0.1) is 24.9 Å². The molecule has 0 radical (unpaired) electrons. The number of nitrogens with zero attached hydrogens (tertiary/aromatic N) is 3. The topological polar surface area (TPSA) is 58.8 Å². The van der Waals surface area contributed by atoms with E-state index in [1.165, 1.54) is 0 Å². The molecule has 0 saturated carbocycles. The molecule has 2 aliphatic heterocycles. The summed E-state index contributed by atoms with van der Waals surface area (Å²) in [6.45, 7) is 4.81. The summed E-state index contributed by atoms with van der Waals surface area (Å²) in [4.78, 5) is 16.2. The zero-order valence-electron chi connectivity index (χ0n) is 12.1. The van der Waals surface area contributed by atoms with E-state index in [1.54, 1.807) is 4.90 Å². The van der Waals surface area contributed by atoms with Crippen LogP contribution < -0.4 is 0 Å². The minimum atomic E-state index is -0.965. The predicted molar refractivity (Wildman–Crippen MR) is 72.4 cm³/mol. The number of hydrogen-bond donors (Lipinski definition) is 0. The summed E-state index contributed by atoms with van der Waals surface area (Å²) in [5, 5.41) is 3.93. The first-order valence-corrected chi connectivity index (χ1v) is 7.30. The van der Waals surface area contributed by atoms with Gasteiger partial charge < -0.3 is 14.2 Å². The van der Waals surface area contributed by atoms with Crippen LogP contribution >= 0.6 is 0 Å². The van der Waals surface area contributed by atoms with Gasteiger partial charge in [-0.3, -0.25) is 9.69 Å². The van der Waals surface area contributed by atoms with Crippen molar-refractivity contribution in [3.05, 3.63) is 17.5 Å². The van der Waals surface area contributed by atoms with E-state index < -0.39 is 12.2 Å². The van der Waals surface area contributed by atoms with Crippen molar-refractivity contribution in [3.63, 3.8) is 0 Å². The lowest BCUT2D eigenvalue weighted by Gasteiger charge is -2.32. The molecule has 21 heavy (non-hydrogen) atoms. The Labute approximate surface area is 122 Å². The first-order chi connectivity index (χ1) is 10.1. The van der Waals surface area contributed by atoms with E-state index in [4.69, 9.17) is 9.26 Å². The van der Waals surface area contributed by atoms with Crippen molar-refractivity contribution in [2.45, 2.75) is 32.1 Å². The molecule has 0 aliphatic carbocycles. The minimum absolute atomic E-state index is 0.00123. The van der Waals surface area contributed by atoms with E-state index in [2.05, 4.69) is 5.16 Å². The van der Waals surface area contributed by atoms with Crippen LogP contribution in [0.2, 0.25) is 0 Å². The predicted octanol–water partition coefficient (Wildman–Crippen LogP) is 0.754. The van der Waals surface area contributed by atoms with Crippen molar-refractivity contribution in [3.8, 4) is 0 Å². The van der Waals surface area contributed by atoms with Gasteiger partial charge in [-0.25, -0.2) is 4.39 Å². The highest BCUT2D eigenvalue weighted by Crippen LogP contribution is 2.24. The molecular formula is C14H20FN3O3. The van der Waals surface area contributed by atoms with Crippen LogP contribution in [0.1, 0.15) is 17.9 Å². The quantitative estimate of drug-likeness (QED) is 0.824. The molecule has 2 saturated heterocycles. The maximum absolute atomic E-state index is 13.8. The summed E-state index contributed by atoms with van der Waals surface area (Å²) in [5.74, 6) is 0.718. The fourth-order valence-electron chi connectivity index (χ4n) is 2.97. The fraction of sp³-hybridized carbons (Fsp3) is 0.714. The van der Waals surface area contributed by atoms with E-state index in [-0.39, 0.29) is 18.9 Å². The van der Waals surface area contributed by atoms with Crippen LogP contribution in [0, 0.1) is 6.92 Å². The van der Waals surface area contributed by atoms with E-state index in [9.17, 15) is 9.18 Å². The van der Waals surface area contributed by atoms with Gasteiger partial charge in [0, 0.05) is 38.7 Å². The van der Waals surface area contributed by atoms with Crippen molar-refractivity contribution < 1.29 is 18.4 Å². The Kier molecular flexibility index (Phi) is 4.21. The molecule has 116 valence electrons. The van der Waals surface area contributed by atoms with E-state index in [1.807, 2.05) is 17.9 Å². The van der Waals surface area contributed by atoms with Crippen LogP contribution in [0.5, 0.6) is 0 Å². The maximum Gasteiger partial charge on any atom is 0.240 e. The van der Waals surface area contributed by atoms with Gasteiger partial charge in [0.15, 0.2) is 0 Å². The first-order valence-electron chi connectivity index (χ1n) is 7.30. The monoisotopic (exact) mass is 297 g/mol. The average Bonchev–Trinajstić information content (AvgIpc) is 3.05. The smallest absolute Gasteiger partial charge is 0.240 e. The highest BCUT2D eigenvalue weighted by molar-refractivity contribution is 5.82. The zero-order chi connectivity index (χ0) is 14.8. The largest absolute Gasteiger partial charge is 0.378 e. The van der Waals surface area contributed by atoms with Gasteiger partial charge in [-0.2, -0.15) is 0 Å². The molecule has 3 rings (SSSR count). The van der Waals surface area contributed by atoms with Crippen molar-refractivity contribution in [1.82, 2.24) is 15.0 Å². The Morgan fingerprint density at radius 3 is 2.90 bits per heavy atom. The molecular weight excluding hydrogens is 277 g/mol. The molecule has 7 heteroatoms. The van der Waals surface area contributed by atoms with Gasteiger partial charge in [-0.1, -0.05) is 5.16 Å². The summed E-state index contributed by atoms with van der Waals surface area (Å²) >= 11 is 0. The van der Waals surface area contributed by atoms with Gasteiger partial charge in [-0.15, -0.1) is 0 Å². The lowest BCUT2D eigenvalue weighted by atomic mass is 10.1. The second kappa shape index (κ2) is 6.11. The number of carbonyl (C=O) groups excluding carboxylic acids is 1. The maximum atomic E-state index is 13.8.